The number of sulfonamides is 1. The van der Waals surface area contributed by atoms with E-state index in [0.717, 1.165) is 11.3 Å². The molecule has 1 amide bonds. The van der Waals surface area contributed by atoms with Crippen LogP contribution >= 0.6 is 11.8 Å². The zero-order valence-corrected chi connectivity index (χ0v) is 14.0. The van der Waals surface area contributed by atoms with Crippen LogP contribution in [0, 0.1) is 0 Å². The highest BCUT2D eigenvalue weighted by Crippen LogP contribution is 2.04. The van der Waals surface area contributed by atoms with Gasteiger partial charge in [0, 0.05) is 6.54 Å². The smallest absolute Gasteiger partial charge is 0.238 e. The minimum absolute atomic E-state index is 0.0330. The average molecular weight is 330 g/mol. The van der Waals surface area contributed by atoms with E-state index in [-0.39, 0.29) is 11.7 Å². The Labute approximate surface area is 130 Å². The van der Waals surface area contributed by atoms with Crippen LogP contribution in [0.1, 0.15) is 18.9 Å². The van der Waals surface area contributed by atoms with Gasteiger partial charge in [0.05, 0.1) is 5.75 Å². The minimum atomic E-state index is -3.40. The van der Waals surface area contributed by atoms with Gasteiger partial charge >= 0.3 is 0 Å². The van der Waals surface area contributed by atoms with E-state index in [4.69, 9.17) is 0 Å². The first-order chi connectivity index (χ1) is 9.98. The zero-order chi connectivity index (χ0) is 15.7. The van der Waals surface area contributed by atoms with Crippen LogP contribution in [0.2, 0.25) is 0 Å². The van der Waals surface area contributed by atoms with Crippen molar-refractivity contribution in [3.63, 3.8) is 0 Å². The summed E-state index contributed by atoms with van der Waals surface area (Å²) < 4.78 is 25.8. The van der Waals surface area contributed by atoms with Gasteiger partial charge < -0.3 is 5.32 Å². The van der Waals surface area contributed by atoms with Crippen LogP contribution in [-0.2, 0) is 21.4 Å². The van der Waals surface area contributed by atoms with Crippen LogP contribution < -0.4 is 10.0 Å². The predicted molar refractivity (Wildman–Crippen MR) is 87.7 cm³/mol. The molecule has 0 heterocycles. The Bertz CT molecular complexity index is 532. The number of benzene rings is 1. The van der Waals surface area contributed by atoms with E-state index in [1.165, 1.54) is 0 Å². The molecule has 0 bridgehead atoms. The molecule has 0 radical (unpaired) electrons. The largest absolute Gasteiger partial charge is 0.351 e. The summed E-state index contributed by atoms with van der Waals surface area (Å²) in [5.74, 6) is 0.398. The van der Waals surface area contributed by atoms with E-state index < -0.39 is 16.1 Å². The first-order valence-corrected chi connectivity index (χ1v) is 9.83. The molecule has 21 heavy (non-hydrogen) atoms. The number of hydrogen-bond donors (Lipinski definition) is 2. The molecule has 0 aromatic heterocycles. The fourth-order valence-corrected chi connectivity index (χ4v) is 2.98. The molecule has 0 fully saturated rings. The van der Waals surface area contributed by atoms with Crippen molar-refractivity contribution in [2.24, 2.45) is 0 Å². The monoisotopic (exact) mass is 330 g/mol. The Morgan fingerprint density at radius 2 is 1.95 bits per heavy atom. The van der Waals surface area contributed by atoms with Gasteiger partial charge in [-0.15, -0.1) is 0 Å². The molecule has 5 nitrogen and oxygen atoms in total. The highest BCUT2D eigenvalue weighted by atomic mass is 32.2. The van der Waals surface area contributed by atoms with Gasteiger partial charge in [-0.1, -0.05) is 30.3 Å². The molecular weight excluding hydrogens is 308 g/mol. The Balaban J connectivity index is 2.62. The molecule has 0 unspecified atom stereocenters. The molecular formula is C14H22N2O3S2. The lowest BCUT2D eigenvalue weighted by atomic mass is 10.2. The van der Waals surface area contributed by atoms with Gasteiger partial charge in [0.2, 0.25) is 15.9 Å². The van der Waals surface area contributed by atoms with E-state index in [2.05, 4.69) is 10.0 Å². The third kappa shape index (κ3) is 6.97. The first kappa shape index (κ1) is 18.0. The molecule has 0 saturated heterocycles. The molecule has 1 aromatic carbocycles. The number of amides is 1. The Morgan fingerprint density at radius 3 is 2.52 bits per heavy atom. The SMILES string of the molecule is CCS(=O)(=O)N[C@@H](CCSC)C(=O)NCc1ccccc1. The summed E-state index contributed by atoms with van der Waals surface area (Å²) in [4.78, 5) is 12.2. The fraction of sp³-hybridized carbons (Fsp3) is 0.500. The van der Waals surface area contributed by atoms with Crippen LogP contribution in [-0.4, -0.2) is 38.1 Å². The average Bonchev–Trinajstić information content (AvgIpc) is 2.50. The second kappa shape index (κ2) is 9.07. The van der Waals surface area contributed by atoms with E-state index in [1.54, 1.807) is 18.7 Å². The number of carbonyl (C=O) groups excluding carboxylic acids is 1. The van der Waals surface area contributed by atoms with Crippen molar-refractivity contribution in [1.29, 1.82) is 0 Å². The summed E-state index contributed by atoms with van der Waals surface area (Å²) in [6.45, 7) is 1.94. The lowest BCUT2D eigenvalue weighted by Crippen LogP contribution is -2.47. The summed E-state index contributed by atoms with van der Waals surface area (Å²) >= 11 is 1.58. The number of thioether (sulfide) groups is 1. The summed E-state index contributed by atoms with van der Waals surface area (Å²) in [5, 5.41) is 2.78. The third-order valence-corrected chi connectivity index (χ3v) is 4.99. The van der Waals surface area contributed by atoms with Crippen LogP contribution in [0.4, 0.5) is 0 Å². The Morgan fingerprint density at radius 1 is 1.29 bits per heavy atom. The molecule has 0 aliphatic rings. The van der Waals surface area contributed by atoms with Crippen LogP contribution in [0.15, 0.2) is 30.3 Å². The van der Waals surface area contributed by atoms with Gasteiger partial charge in [-0.3, -0.25) is 4.79 Å². The number of nitrogens with one attached hydrogen (secondary N) is 2. The summed E-state index contributed by atoms with van der Waals surface area (Å²) in [6, 6.07) is 8.80. The van der Waals surface area contributed by atoms with E-state index in [0.29, 0.717) is 13.0 Å². The van der Waals surface area contributed by atoms with E-state index in [9.17, 15) is 13.2 Å². The van der Waals surface area contributed by atoms with Gasteiger partial charge in [0.1, 0.15) is 6.04 Å². The van der Waals surface area contributed by atoms with E-state index in [1.807, 2.05) is 36.6 Å². The van der Waals surface area contributed by atoms with Crippen LogP contribution in [0.5, 0.6) is 0 Å². The maximum atomic E-state index is 12.2. The Hall–Kier alpha value is -1.05. The third-order valence-electron chi connectivity index (χ3n) is 2.94. The van der Waals surface area contributed by atoms with Crippen molar-refractivity contribution in [2.45, 2.75) is 25.9 Å². The van der Waals surface area contributed by atoms with Gasteiger partial charge in [-0.2, -0.15) is 11.8 Å². The molecule has 118 valence electrons. The summed E-state index contributed by atoms with van der Waals surface area (Å²) in [5.41, 5.74) is 0.979. The highest BCUT2D eigenvalue weighted by Gasteiger charge is 2.22. The maximum absolute atomic E-state index is 12.2. The molecule has 1 rings (SSSR count). The molecule has 1 aromatic rings. The van der Waals surface area contributed by atoms with Crippen molar-refractivity contribution in [2.75, 3.05) is 17.8 Å². The zero-order valence-electron chi connectivity index (χ0n) is 12.3. The van der Waals surface area contributed by atoms with Crippen molar-refractivity contribution < 1.29 is 13.2 Å². The van der Waals surface area contributed by atoms with Crippen molar-refractivity contribution >= 4 is 27.7 Å². The fourth-order valence-electron chi connectivity index (χ4n) is 1.69. The molecule has 0 saturated carbocycles. The predicted octanol–water partition coefficient (Wildman–Crippen LogP) is 1.36. The summed E-state index contributed by atoms with van der Waals surface area (Å²) in [7, 11) is -3.40. The normalized spacial score (nSPS) is 12.9. The second-order valence-electron chi connectivity index (χ2n) is 4.56. The summed E-state index contributed by atoms with van der Waals surface area (Å²) in [6.07, 6.45) is 2.40. The quantitative estimate of drug-likeness (QED) is 0.717. The van der Waals surface area contributed by atoms with Gasteiger partial charge in [-0.25, -0.2) is 13.1 Å². The maximum Gasteiger partial charge on any atom is 0.238 e. The molecule has 1 atom stereocenters. The van der Waals surface area contributed by atoms with Gasteiger partial charge in [0.25, 0.3) is 0 Å². The number of hydrogen-bond acceptors (Lipinski definition) is 4. The number of carbonyl (C=O) groups is 1. The molecule has 0 aliphatic carbocycles. The second-order valence-corrected chi connectivity index (χ2v) is 7.59. The minimum Gasteiger partial charge on any atom is -0.351 e. The standard InChI is InChI=1S/C14H22N2O3S2/c1-3-21(18,19)16-13(9-10-20-2)14(17)15-11-12-7-5-4-6-8-12/h4-8,13,16H,3,9-11H2,1-2H3,(H,15,17)/t13-/m0/s1. The van der Waals surface area contributed by atoms with Crippen molar-refractivity contribution in [3.05, 3.63) is 35.9 Å². The topological polar surface area (TPSA) is 75.3 Å². The molecule has 7 heteroatoms. The van der Waals surface area contributed by atoms with Crippen LogP contribution in [0.25, 0.3) is 0 Å². The lowest BCUT2D eigenvalue weighted by molar-refractivity contribution is -0.122. The van der Waals surface area contributed by atoms with E-state index >= 15 is 0 Å². The lowest BCUT2D eigenvalue weighted by Gasteiger charge is -2.17. The van der Waals surface area contributed by atoms with Crippen molar-refractivity contribution in [3.8, 4) is 0 Å². The van der Waals surface area contributed by atoms with Gasteiger partial charge in [0.15, 0.2) is 0 Å². The molecule has 0 aliphatic heterocycles. The molecule has 2 N–H and O–H groups in total. The van der Waals surface area contributed by atoms with Crippen molar-refractivity contribution in [1.82, 2.24) is 10.0 Å². The van der Waals surface area contributed by atoms with Gasteiger partial charge in [-0.05, 0) is 30.9 Å². The van der Waals surface area contributed by atoms with Crippen LogP contribution in [0.3, 0.4) is 0 Å². The molecule has 0 spiro atoms. The Kier molecular flexibility index (Phi) is 7.77. The highest BCUT2D eigenvalue weighted by molar-refractivity contribution is 7.98. The first-order valence-electron chi connectivity index (χ1n) is 6.79. The number of rotatable bonds is 9.